The summed E-state index contributed by atoms with van der Waals surface area (Å²) < 4.78 is 11.3. The maximum Gasteiger partial charge on any atom is 0.410 e. The number of hydrogen-bond donors (Lipinski definition) is 2. The molecule has 1 spiro atoms. The van der Waals surface area contributed by atoms with E-state index < -0.39 is 17.7 Å². The van der Waals surface area contributed by atoms with Crippen LogP contribution in [0.2, 0.25) is 0 Å². The molecule has 2 atom stereocenters. The van der Waals surface area contributed by atoms with Gasteiger partial charge in [0.1, 0.15) is 17.7 Å². The van der Waals surface area contributed by atoms with Crippen molar-refractivity contribution in [1.29, 1.82) is 0 Å². The molecule has 29 heavy (non-hydrogen) atoms. The van der Waals surface area contributed by atoms with Crippen LogP contribution in [0.15, 0.2) is 30.3 Å². The van der Waals surface area contributed by atoms with Gasteiger partial charge < -0.3 is 35.1 Å². The molecule has 0 radical (unpaired) electrons. The SMILES string of the molecule is CC(C)(C)OC(=O)N1CCC2(CC1)C[C@@H]([NH3+])CO2.O=C([O-])[C@H](O)c1ccccc1. The highest BCUT2D eigenvalue weighted by Crippen LogP contribution is 2.35. The number of rotatable bonds is 2. The third kappa shape index (κ3) is 6.99. The van der Waals surface area contributed by atoms with Crippen molar-refractivity contribution in [3.8, 4) is 0 Å². The van der Waals surface area contributed by atoms with Gasteiger partial charge in [0.05, 0.1) is 18.2 Å². The summed E-state index contributed by atoms with van der Waals surface area (Å²) >= 11 is 0. The number of quaternary nitrogens is 1. The first-order chi connectivity index (χ1) is 13.5. The first-order valence-electron chi connectivity index (χ1n) is 9.90. The number of carbonyl (C=O) groups excluding carboxylic acids is 2. The quantitative estimate of drug-likeness (QED) is 0.723. The summed E-state index contributed by atoms with van der Waals surface area (Å²) in [6, 6.07) is 8.51. The van der Waals surface area contributed by atoms with Crippen molar-refractivity contribution in [2.24, 2.45) is 0 Å². The molecule has 8 heteroatoms. The first-order valence-corrected chi connectivity index (χ1v) is 9.90. The Morgan fingerprint density at radius 3 is 2.31 bits per heavy atom. The Kier molecular flexibility index (Phi) is 7.62. The molecule has 0 unspecified atom stereocenters. The van der Waals surface area contributed by atoms with Crippen LogP contribution in [0.5, 0.6) is 0 Å². The highest BCUT2D eigenvalue weighted by atomic mass is 16.6. The van der Waals surface area contributed by atoms with E-state index in [2.05, 4.69) is 5.73 Å². The summed E-state index contributed by atoms with van der Waals surface area (Å²) in [5.41, 5.74) is 3.95. The molecule has 0 aromatic heterocycles. The van der Waals surface area contributed by atoms with Crippen molar-refractivity contribution in [3.05, 3.63) is 35.9 Å². The number of aliphatic hydroxyl groups is 1. The van der Waals surface area contributed by atoms with Gasteiger partial charge in [-0.25, -0.2) is 4.79 Å². The smallest absolute Gasteiger partial charge is 0.410 e. The minimum absolute atomic E-state index is 0.0229. The zero-order valence-electron chi connectivity index (χ0n) is 17.4. The van der Waals surface area contributed by atoms with E-state index in [9.17, 15) is 14.7 Å². The predicted octanol–water partition coefficient (Wildman–Crippen LogP) is 0.257. The van der Waals surface area contributed by atoms with Gasteiger partial charge in [-0.15, -0.1) is 0 Å². The molecule has 2 aliphatic heterocycles. The van der Waals surface area contributed by atoms with Crippen molar-refractivity contribution in [2.45, 2.75) is 63.4 Å². The average Bonchev–Trinajstić information content (AvgIpc) is 3.01. The van der Waals surface area contributed by atoms with Gasteiger partial charge >= 0.3 is 6.09 Å². The van der Waals surface area contributed by atoms with Crippen molar-refractivity contribution in [2.75, 3.05) is 19.7 Å². The molecule has 0 bridgehead atoms. The Hall–Kier alpha value is -2.16. The molecule has 1 amide bonds. The number of likely N-dealkylation sites (tertiary alicyclic amines) is 1. The topological polar surface area (TPSA) is 127 Å². The van der Waals surface area contributed by atoms with E-state index in [0.29, 0.717) is 11.6 Å². The molecule has 8 nitrogen and oxygen atoms in total. The van der Waals surface area contributed by atoms with E-state index in [0.717, 1.165) is 39.0 Å². The fourth-order valence-corrected chi connectivity index (χ4v) is 3.48. The molecule has 162 valence electrons. The lowest BCUT2D eigenvalue weighted by Crippen LogP contribution is -2.62. The minimum atomic E-state index is -1.52. The van der Waals surface area contributed by atoms with Gasteiger partial charge in [-0.1, -0.05) is 30.3 Å². The zero-order chi connectivity index (χ0) is 21.7. The maximum atomic E-state index is 11.9. The monoisotopic (exact) mass is 408 g/mol. The fraction of sp³-hybridized carbons (Fsp3) is 0.619. The Balaban J connectivity index is 0.000000234. The van der Waals surface area contributed by atoms with E-state index >= 15 is 0 Å². The van der Waals surface area contributed by atoms with Gasteiger partial charge in [0.2, 0.25) is 0 Å². The average molecular weight is 408 g/mol. The largest absolute Gasteiger partial charge is 0.547 e. The number of aliphatic carboxylic acids is 1. The summed E-state index contributed by atoms with van der Waals surface area (Å²) in [5, 5.41) is 19.1. The Morgan fingerprint density at radius 1 is 1.28 bits per heavy atom. The number of carboxylic acids is 1. The van der Waals surface area contributed by atoms with Gasteiger partial charge in [-0.2, -0.15) is 0 Å². The van der Waals surface area contributed by atoms with Gasteiger partial charge in [0.25, 0.3) is 0 Å². The van der Waals surface area contributed by atoms with E-state index in [1.165, 1.54) is 12.1 Å². The van der Waals surface area contributed by atoms with Crippen LogP contribution in [-0.4, -0.2) is 59.0 Å². The molecular formula is C21H32N2O6. The number of benzene rings is 1. The van der Waals surface area contributed by atoms with Gasteiger partial charge in [-0.3, -0.25) is 0 Å². The second-order valence-corrected chi connectivity index (χ2v) is 8.66. The Bertz CT molecular complexity index is 680. The van der Waals surface area contributed by atoms with Gasteiger partial charge in [-0.05, 0) is 39.2 Å². The van der Waals surface area contributed by atoms with Crippen LogP contribution in [0.3, 0.4) is 0 Å². The van der Waals surface area contributed by atoms with Gasteiger partial charge in [0, 0.05) is 19.5 Å². The van der Waals surface area contributed by atoms with Crippen LogP contribution in [0.1, 0.15) is 51.7 Å². The van der Waals surface area contributed by atoms with Crippen LogP contribution in [-0.2, 0) is 14.3 Å². The summed E-state index contributed by atoms with van der Waals surface area (Å²) in [4.78, 5) is 23.9. The number of piperidine rings is 1. The molecule has 3 rings (SSSR count). The number of aliphatic hydroxyl groups excluding tert-OH is 1. The Labute approximate surface area is 171 Å². The molecule has 2 saturated heterocycles. The van der Waals surface area contributed by atoms with Crippen LogP contribution in [0.4, 0.5) is 4.79 Å². The molecular weight excluding hydrogens is 376 g/mol. The van der Waals surface area contributed by atoms with E-state index in [-0.39, 0.29) is 11.7 Å². The predicted molar refractivity (Wildman–Crippen MR) is 103 cm³/mol. The van der Waals surface area contributed by atoms with Crippen molar-refractivity contribution in [1.82, 2.24) is 4.90 Å². The molecule has 2 aliphatic rings. The highest BCUT2D eigenvalue weighted by Gasteiger charge is 2.44. The summed E-state index contributed by atoms with van der Waals surface area (Å²) in [5.74, 6) is -1.48. The number of carbonyl (C=O) groups is 2. The molecule has 2 heterocycles. The molecule has 2 fully saturated rings. The lowest BCUT2D eigenvalue weighted by atomic mass is 9.88. The number of ether oxygens (including phenoxy) is 2. The highest BCUT2D eigenvalue weighted by molar-refractivity contribution is 5.71. The number of amides is 1. The number of carboxylic acid groups (broad SMARTS) is 1. The summed E-state index contributed by atoms with van der Waals surface area (Å²) in [6.07, 6.45) is 1.10. The van der Waals surface area contributed by atoms with Crippen molar-refractivity contribution in [3.63, 3.8) is 0 Å². The van der Waals surface area contributed by atoms with Crippen LogP contribution >= 0.6 is 0 Å². The van der Waals surface area contributed by atoms with Crippen molar-refractivity contribution >= 4 is 12.1 Å². The Morgan fingerprint density at radius 2 is 1.86 bits per heavy atom. The lowest BCUT2D eigenvalue weighted by molar-refractivity contribution is -0.416. The number of hydrogen-bond acceptors (Lipinski definition) is 6. The molecule has 1 aromatic carbocycles. The van der Waals surface area contributed by atoms with Crippen LogP contribution in [0.25, 0.3) is 0 Å². The standard InChI is InChI=1S/C13H24N2O3.C8H8O3/c1-12(2,3)18-11(16)15-6-4-13(5-7-15)8-10(14)9-17-13;9-7(8(10)11)6-4-2-1-3-5-6/h10H,4-9,14H2,1-3H3;1-5,7,9H,(H,10,11)/t10-;7-/m11/s1. The zero-order valence-corrected chi connectivity index (χ0v) is 17.4. The molecule has 0 saturated carbocycles. The van der Waals surface area contributed by atoms with E-state index in [1.807, 2.05) is 20.8 Å². The molecule has 0 aliphatic carbocycles. The second kappa shape index (κ2) is 9.56. The summed E-state index contributed by atoms with van der Waals surface area (Å²) in [7, 11) is 0. The number of nitrogens with zero attached hydrogens (tertiary/aromatic N) is 1. The van der Waals surface area contributed by atoms with E-state index in [4.69, 9.17) is 14.6 Å². The van der Waals surface area contributed by atoms with Crippen LogP contribution in [0, 0.1) is 0 Å². The van der Waals surface area contributed by atoms with E-state index in [1.54, 1.807) is 23.1 Å². The molecule has 1 aromatic rings. The maximum absolute atomic E-state index is 11.9. The fourth-order valence-electron chi connectivity index (χ4n) is 3.48. The first kappa shape index (κ1) is 23.1. The summed E-state index contributed by atoms with van der Waals surface area (Å²) in [6.45, 7) is 7.88. The normalized spacial score (nSPS) is 21.8. The third-order valence-corrected chi connectivity index (χ3v) is 4.95. The minimum Gasteiger partial charge on any atom is -0.547 e. The van der Waals surface area contributed by atoms with Crippen LogP contribution < -0.4 is 10.8 Å². The third-order valence-electron chi connectivity index (χ3n) is 4.95. The molecule has 4 N–H and O–H groups in total. The second-order valence-electron chi connectivity index (χ2n) is 8.66. The lowest BCUT2D eigenvalue weighted by Gasteiger charge is -2.38. The van der Waals surface area contributed by atoms with Gasteiger partial charge in [0.15, 0.2) is 0 Å². The van der Waals surface area contributed by atoms with Crippen molar-refractivity contribution < 1.29 is 35.0 Å².